The Balaban J connectivity index is 1.34. The van der Waals surface area contributed by atoms with Crippen LogP contribution in [0, 0.1) is 18.7 Å². The summed E-state index contributed by atoms with van der Waals surface area (Å²) in [6.45, 7) is 2.43. The first-order valence-electron chi connectivity index (χ1n) is 10.8. The second-order valence-corrected chi connectivity index (χ2v) is 8.73. The van der Waals surface area contributed by atoms with E-state index in [1.54, 1.807) is 12.1 Å². The summed E-state index contributed by atoms with van der Waals surface area (Å²) in [4.78, 5) is 28.2. The first-order valence-corrected chi connectivity index (χ1v) is 10.8. The van der Waals surface area contributed by atoms with Crippen molar-refractivity contribution in [1.29, 1.82) is 0 Å². The Kier molecular flexibility index (Phi) is 4.80. The van der Waals surface area contributed by atoms with Crippen LogP contribution in [-0.2, 0) is 20.9 Å². The molecule has 1 saturated carbocycles. The largest absolute Gasteiger partial charge is 0.458 e. The number of nitrogens with one attached hydrogen (secondary N) is 2. The highest BCUT2D eigenvalue weighted by Gasteiger charge is 2.53. The molecule has 1 saturated heterocycles. The molecular weight excluding hydrogens is 395 g/mol. The fraction of sp³-hybridized carbons (Fsp3) is 0.360. The molecule has 1 aliphatic heterocycles. The quantitative estimate of drug-likeness (QED) is 0.597. The Hall–Kier alpha value is -3.15. The van der Waals surface area contributed by atoms with Crippen LogP contribution < -0.4 is 5.32 Å². The highest BCUT2D eigenvalue weighted by molar-refractivity contribution is 5.91. The molecule has 160 valence electrons. The summed E-state index contributed by atoms with van der Waals surface area (Å²) < 4.78 is 18.9. The Morgan fingerprint density at radius 1 is 1.19 bits per heavy atom. The van der Waals surface area contributed by atoms with Crippen LogP contribution in [0.5, 0.6) is 0 Å². The van der Waals surface area contributed by atoms with Gasteiger partial charge in [-0.05, 0) is 85.7 Å². The Morgan fingerprint density at radius 3 is 2.68 bits per heavy atom. The van der Waals surface area contributed by atoms with Crippen LogP contribution in [0.4, 0.5) is 4.39 Å². The smallest absolute Gasteiger partial charge is 0.307 e. The zero-order valence-electron chi connectivity index (χ0n) is 17.5. The third kappa shape index (κ3) is 3.50. The van der Waals surface area contributed by atoms with E-state index in [9.17, 15) is 14.0 Å². The molecule has 0 radical (unpaired) electrons. The first kappa shape index (κ1) is 19.8. The average molecular weight is 420 g/mol. The van der Waals surface area contributed by atoms with E-state index < -0.39 is 11.5 Å². The lowest BCUT2D eigenvalue weighted by Gasteiger charge is -2.27. The van der Waals surface area contributed by atoms with Gasteiger partial charge in [0.25, 0.3) is 0 Å². The van der Waals surface area contributed by atoms with Crippen molar-refractivity contribution in [3.05, 3.63) is 59.4 Å². The summed E-state index contributed by atoms with van der Waals surface area (Å²) in [6.07, 6.45) is 3.71. The molecule has 2 aromatic carbocycles. The number of hydrogen-bond acceptors (Lipinski definition) is 3. The lowest BCUT2D eigenvalue weighted by Crippen LogP contribution is -2.42. The van der Waals surface area contributed by atoms with E-state index >= 15 is 0 Å². The molecule has 0 unspecified atom stereocenters. The maximum Gasteiger partial charge on any atom is 0.307 e. The number of aromatic amines is 1. The normalized spacial score (nSPS) is 19.8. The van der Waals surface area contributed by atoms with Gasteiger partial charge in [-0.1, -0.05) is 6.07 Å². The number of fused-ring (bicyclic) bond motifs is 1. The molecule has 1 spiro atoms. The molecule has 3 aromatic rings. The van der Waals surface area contributed by atoms with Crippen molar-refractivity contribution in [2.75, 3.05) is 0 Å². The molecule has 2 N–H and O–H groups in total. The van der Waals surface area contributed by atoms with Crippen molar-refractivity contribution in [3.8, 4) is 11.3 Å². The van der Waals surface area contributed by atoms with Gasteiger partial charge >= 0.3 is 5.97 Å². The summed E-state index contributed by atoms with van der Waals surface area (Å²) in [5, 5.41) is 4.09. The number of rotatable bonds is 4. The van der Waals surface area contributed by atoms with Gasteiger partial charge in [-0.25, -0.2) is 4.39 Å². The topological polar surface area (TPSA) is 71.2 Å². The van der Waals surface area contributed by atoms with E-state index in [1.807, 2.05) is 19.1 Å². The molecule has 1 atom stereocenters. The van der Waals surface area contributed by atoms with E-state index in [2.05, 4.69) is 16.4 Å². The number of carbonyl (C=O) groups excluding carboxylic acids is 2. The zero-order chi connectivity index (χ0) is 21.6. The van der Waals surface area contributed by atoms with Gasteiger partial charge in [0.1, 0.15) is 11.4 Å². The van der Waals surface area contributed by atoms with Crippen molar-refractivity contribution in [1.82, 2.24) is 10.3 Å². The highest BCUT2D eigenvalue weighted by atomic mass is 19.1. The van der Waals surface area contributed by atoms with E-state index in [0.29, 0.717) is 6.54 Å². The number of halogens is 1. The minimum absolute atomic E-state index is 0.106. The van der Waals surface area contributed by atoms with Crippen LogP contribution in [0.1, 0.15) is 43.2 Å². The van der Waals surface area contributed by atoms with E-state index in [4.69, 9.17) is 4.74 Å². The number of amides is 1. The molecule has 1 amide bonds. The number of benzene rings is 2. The van der Waals surface area contributed by atoms with E-state index in [0.717, 1.165) is 59.0 Å². The molecule has 2 heterocycles. The second kappa shape index (κ2) is 7.52. The van der Waals surface area contributed by atoms with Gasteiger partial charge in [0, 0.05) is 23.1 Å². The van der Waals surface area contributed by atoms with Crippen molar-refractivity contribution >= 4 is 22.8 Å². The average Bonchev–Trinajstić information content (AvgIpc) is 3.45. The number of H-pyrrole nitrogens is 1. The zero-order valence-corrected chi connectivity index (χ0v) is 17.5. The van der Waals surface area contributed by atoms with Crippen LogP contribution >= 0.6 is 0 Å². The van der Waals surface area contributed by atoms with Gasteiger partial charge in [-0.15, -0.1) is 0 Å². The second-order valence-electron chi connectivity index (χ2n) is 8.73. The van der Waals surface area contributed by atoms with Crippen LogP contribution in [0.15, 0.2) is 42.5 Å². The predicted octanol–water partition coefficient (Wildman–Crippen LogP) is 4.77. The molecular formula is C25H25FN2O3. The molecule has 2 fully saturated rings. The molecule has 5 nitrogen and oxygen atoms in total. The monoisotopic (exact) mass is 420 g/mol. The number of carbonyl (C=O) groups is 2. The van der Waals surface area contributed by atoms with Crippen molar-refractivity contribution < 1.29 is 18.7 Å². The number of hydrogen-bond donors (Lipinski definition) is 2. The first-order chi connectivity index (χ1) is 14.9. The van der Waals surface area contributed by atoms with Gasteiger partial charge in [0.05, 0.1) is 12.3 Å². The maximum absolute atomic E-state index is 13.3. The molecule has 6 heteroatoms. The van der Waals surface area contributed by atoms with Crippen LogP contribution in [0.2, 0.25) is 0 Å². The third-order valence-electron chi connectivity index (χ3n) is 6.81. The van der Waals surface area contributed by atoms with Crippen LogP contribution in [0.25, 0.3) is 22.2 Å². The minimum atomic E-state index is -0.591. The molecule has 2 aliphatic rings. The van der Waals surface area contributed by atoms with E-state index in [1.165, 1.54) is 12.1 Å². The third-order valence-corrected chi connectivity index (χ3v) is 6.81. The Morgan fingerprint density at radius 2 is 1.94 bits per heavy atom. The summed E-state index contributed by atoms with van der Waals surface area (Å²) >= 11 is 0. The maximum atomic E-state index is 13.3. The Labute approximate surface area is 180 Å². The number of aryl methyl sites for hydroxylation is 1. The Bertz CT molecular complexity index is 1160. The summed E-state index contributed by atoms with van der Waals surface area (Å²) in [5.41, 5.74) is 4.35. The predicted molar refractivity (Wildman–Crippen MR) is 116 cm³/mol. The summed E-state index contributed by atoms with van der Waals surface area (Å²) in [7, 11) is 0. The van der Waals surface area contributed by atoms with Gasteiger partial charge < -0.3 is 15.0 Å². The molecule has 5 rings (SSSR count). The standard InChI is InChI=1S/C25H25FN2O3/c1-15-19-12-16(4-9-21(19)28-23(15)17-5-7-18(26)8-6-17)14-27-24(30)20-13-22(29)31-25(20)10-2-3-11-25/h4-9,12,20,28H,2-3,10-11,13-14H2,1H3,(H,27,30)/t20-/m1/s1. The van der Waals surface area contributed by atoms with Crippen LogP contribution in [-0.4, -0.2) is 22.5 Å². The van der Waals surface area contributed by atoms with E-state index in [-0.39, 0.29) is 24.1 Å². The van der Waals surface area contributed by atoms with Gasteiger partial charge in [-0.2, -0.15) is 0 Å². The van der Waals surface area contributed by atoms with Crippen LogP contribution in [0.3, 0.4) is 0 Å². The van der Waals surface area contributed by atoms with Crippen molar-refractivity contribution in [2.45, 2.75) is 51.2 Å². The van der Waals surface area contributed by atoms with Gasteiger partial charge in [0.15, 0.2) is 0 Å². The fourth-order valence-corrected chi connectivity index (χ4v) is 5.15. The summed E-state index contributed by atoms with van der Waals surface area (Å²) in [5.74, 6) is -1.03. The summed E-state index contributed by atoms with van der Waals surface area (Å²) in [6, 6.07) is 12.5. The van der Waals surface area contributed by atoms with Gasteiger partial charge in [-0.3, -0.25) is 9.59 Å². The number of esters is 1. The highest BCUT2D eigenvalue weighted by Crippen LogP contribution is 2.45. The molecule has 1 aliphatic carbocycles. The SMILES string of the molecule is Cc1c(-c2ccc(F)cc2)[nH]c2ccc(CNC(=O)[C@H]3CC(=O)OC34CCCC4)cc12. The lowest BCUT2D eigenvalue weighted by atomic mass is 9.85. The van der Waals surface area contributed by atoms with Gasteiger partial charge in [0.2, 0.25) is 5.91 Å². The molecule has 31 heavy (non-hydrogen) atoms. The fourth-order valence-electron chi connectivity index (χ4n) is 5.15. The van der Waals surface area contributed by atoms with Crippen molar-refractivity contribution in [2.24, 2.45) is 5.92 Å². The number of ether oxygens (including phenoxy) is 1. The lowest BCUT2D eigenvalue weighted by molar-refractivity contribution is -0.149. The molecule has 1 aromatic heterocycles. The number of aromatic nitrogens is 1. The minimum Gasteiger partial charge on any atom is -0.458 e. The molecule has 0 bridgehead atoms. The van der Waals surface area contributed by atoms with Crippen molar-refractivity contribution in [3.63, 3.8) is 0 Å².